The summed E-state index contributed by atoms with van der Waals surface area (Å²) >= 11 is 3.38. The zero-order valence-corrected chi connectivity index (χ0v) is 16.6. The number of carbonyl (C=O) groups excluding carboxylic acids is 1. The molecule has 0 radical (unpaired) electrons. The lowest BCUT2D eigenvalue weighted by Crippen LogP contribution is -2.03. The Morgan fingerprint density at radius 2 is 1.96 bits per heavy atom. The summed E-state index contributed by atoms with van der Waals surface area (Å²) in [4.78, 5) is 12.5. The third kappa shape index (κ3) is 4.10. The zero-order chi connectivity index (χ0) is 18.7. The molecule has 0 spiro atoms. The number of Topliss-reactive ketones (excluding diaryl/α,β-unsaturated/α-hetero) is 1. The first-order valence-electron chi connectivity index (χ1n) is 8.52. The van der Waals surface area contributed by atoms with Crippen LogP contribution in [-0.4, -0.2) is 19.5 Å². The quantitative estimate of drug-likeness (QED) is 0.583. The summed E-state index contributed by atoms with van der Waals surface area (Å²) in [6.07, 6.45) is 2.70. The average Bonchev–Trinajstić information content (AvgIpc) is 2.91. The predicted molar refractivity (Wildman–Crippen MR) is 105 cm³/mol. The summed E-state index contributed by atoms with van der Waals surface area (Å²) in [6, 6.07) is 11.0. The molecule has 4 nitrogen and oxygen atoms in total. The van der Waals surface area contributed by atoms with Gasteiger partial charge in [0, 0.05) is 4.47 Å². The summed E-state index contributed by atoms with van der Waals surface area (Å²) in [5.74, 6) is 2.66. The van der Waals surface area contributed by atoms with Crippen LogP contribution in [0.3, 0.4) is 0 Å². The summed E-state index contributed by atoms with van der Waals surface area (Å²) in [5.41, 5.74) is 1.37. The van der Waals surface area contributed by atoms with Gasteiger partial charge in [-0.1, -0.05) is 35.8 Å². The van der Waals surface area contributed by atoms with Gasteiger partial charge in [-0.3, -0.25) is 4.79 Å². The summed E-state index contributed by atoms with van der Waals surface area (Å²) < 4.78 is 17.8. The first-order valence-corrected chi connectivity index (χ1v) is 9.32. The van der Waals surface area contributed by atoms with E-state index in [0.717, 1.165) is 16.5 Å². The molecule has 0 fully saturated rings. The molecule has 3 rings (SSSR count). The molecule has 5 heteroatoms. The number of methoxy groups -OCH3 is 1. The molecule has 0 saturated carbocycles. The molecule has 0 unspecified atom stereocenters. The Balaban J connectivity index is 1.80. The first-order chi connectivity index (χ1) is 12.5. The number of benzene rings is 2. The maximum Gasteiger partial charge on any atom is 0.232 e. The Bertz CT molecular complexity index is 855. The van der Waals surface area contributed by atoms with Crippen molar-refractivity contribution in [1.29, 1.82) is 0 Å². The van der Waals surface area contributed by atoms with Crippen LogP contribution in [0.2, 0.25) is 0 Å². The van der Waals surface area contributed by atoms with E-state index in [1.165, 1.54) is 0 Å². The second-order valence-corrected chi connectivity index (χ2v) is 7.44. The molecule has 0 atom stereocenters. The van der Waals surface area contributed by atoms with Crippen LogP contribution in [0.1, 0.15) is 36.2 Å². The smallest absolute Gasteiger partial charge is 0.232 e. The van der Waals surface area contributed by atoms with Crippen molar-refractivity contribution in [2.75, 3.05) is 13.7 Å². The molecule has 2 aromatic carbocycles. The maximum atomic E-state index is 12.5. The first kappa shape index (κ1) is 18.5. The van der Waals surface area contributed by atoms with Crippen LogP contribution in [0.25, 0.3) is 6.08 Å². The van der Waals surface area contributed by atoms with Gasteiger partial charge in [-0.25, -0.2) is 0 Å². The van der Waals surface area contributed by atoms with Gasteiger partial charge in [0.2, 0.25) is 5.78 Å². The Morgan fingerprint density at radius 3 is 2.69 bits per heavy atom. The highest BCUT2D eigenvalue weighted by Crippen LogP contribution is 2.35. The normalized spacial score (nSPS) is 14.5. The van der Waals surface area contributed by atoms with Crippen molar-refractivity contribution in [3.63, 3.8) is 0 Å². The van der Waals surface area contributed by atoms with E-state index >= 15 is 0 Å². The van der Waals surface area contributed by atoms with Gasteiger partial charge in [-0.15, -0.1) is 0 Å². The Hall–Kier alpha value is -2.27. The fourth-order valence-electron chi connectivity index (χ4n) is 2.61. The fraction of sp³-hybridized carbons (Fsp3) is 0.286. The van der Waals surface area contributed by atoms with E-state index in [4.69, 9.17) is 14.2 Å². The molecular formula is C21H21BrO4. The van der Waals surface area contributed by atoms with Gasteiger partial charge in [0.25, 0.3) is 0 Å². The second kappa shape index (κ2) is 7.96. The van der Waals surface area contributed by atoms with Crippen molar-refractivity contribution in [2.45, 2.75) is 20.3 Å². The monoisotopic (exact) mass is 416 g/mol. The lowest BCUT2D eigenvalue weighted by Gasteiger charge is -2.12. The van der Waals surface area contributed by atoms with Crippen LogP contribution in [0.15, 0.2) is 46.6 Å². The molecule has 0 saturated heterocycles. The number of halogens is 1. The third-order valence-corrected chi connectivity index (χ3v) is 4.56. The van der Waals surface area contributed by atoms with E-state index < -0.39 is 0 Å². The lowest BCUT2D eigenvalue weighted by atomic mass is 10.1. The van der Waals surface area contributed by atoms with E-state index in [-0.39, 0.29) is 5.78 Å². The van der Waals surface area contributed by atoms with Crippen LogP contribution in [-0.2, 0) is 0 Å². The van der Waals surface area contributed by atoms with Crippen molar-refractivity contribution < 1.29 is 19.0 Å². The van der Waals surface area contributed by atoms with Crippen LogP contribution >= 0.6 is 15.9 Å². The molecule has 1 aliphatic heterocycles. The van der Waals surface area contributed by atoms with E-state index in [9.17, 15) is 4.79 Å². The molecule has 1 aliphatic rings. The number of allylic oxidation sites excluding steroid dienone is 1. The van der Waals surface area contributed by atoms with Crippen LogP contribution in [0.4, 0.5) is 0 Å². The van der Waals surface area contributed by atoms with Crippen molar-refractivity contribution in [3.8, 4) is 17.2 Å². The molecule has 136 valence electrons. The van der Waals surface area contributed by atoms with Crippen molar-refractivity contribution in [3.05, 3.63) is 57.8 Å². The maximum absolute atomic E-state index is 12.5. The lowest BCUT2D eigenvalue weighted by molar-refractivity contribution is 0.101. The zero-order valence-electron chi connectivity index (χ0n) is 15.0. The van der Waals surface area contributed by atoms with Gasteiger partial charge in [-0.05, 0) is 54.3 Å². The third-order valence-electron chi connectivity index (χ3n) is 4.07. The van der Waals surface area contributed by atoms with Crippen LogP contribution in [0, 0.1) is 5.92 Å². The van der Waals surface area contributed by atoms with E-state index in [2.05, 4.69) is 29.8 Å². The van der Waals surface area contributed by atoms with E-state index in [1.807, 2.05) is 24.3 Å². The highest BCUT2D eigenvalue weighted by molar-refractivity contribution is 9.10. The van der Waals surface area contributed by atoms with Gasteiger partial charge in [0.05, 0.1) is 19.3 Å². The minimum atomic E-state index is -0.127. The molecule has 0 N–H and O–H groups in total. The number of rotatable bonds is 6. The van der Waals surface area contributed by atoms with Crippen LogP contribution in [0.5, 0.6) is 17.2 Å². The highest BCUT2D eigenvalue weighted by Gasteiger charge is 2.27. The molecular weight excluding hydrogens is 396 g/mol. The van der Waals surface area contributed by atoms with Gasteiger partial charge >= 0.3 is 0 Å². The van der Waals surface area contributed by atoms with Gasteiger partial charge < -0.3 is 14.2 Å². The molecule has 26 heavy (non-hydrogen) atoms. The van der Waals surface area contributed by atoms with Crippen molar-refractivity contribution in [1.82, 2.24) is 0 Å². The van der Waals surface area contributed by atoms with Crippen LogP contribution < -0.4 is 14.2 Å². The molecule has 0 bridgehead atoms. The fourth-order valence-corrected chi connectivity index (χ4v) is 2.97. The second-order valence-electron chi connectivity index (χ2n) is 6.52. The molecule has 0 aromatic heterocycles. The van der Waals surface area contributed by atoms with Gasteiger partial charge in [0.15, 0.2) is 17.3 Å². The number of carbonyl (C=O) groups is 1. The van der Waals surface area contributed by atoms with Gasteiger partial charge in [0.1, 0.15) is 5.75 Å². The molecule has 0 amide bonds. The largest absolute Gasteiger partial charge is 0.493 e. The Morgan fingerprint density at radius 1 is 1.15 bits per heavy atom. The Labute approximate surface area is 161 Å². The topological polar surface area (TPSA) is 44.8 Å². The number of hydrogen-bond acceptors (Lipinski definition) is 4. The SMILES string of the molecule is COc1cc(/C=C2\Oc3ccc(Br)cc3C2=O)ccc1OCCC(C)C. The molecule has 1 heterocycles. The Kier molecular flexibility index (Phi) is 5.67. The highest BCUT2D eigenvalue weighted by atomic mass is 79.9. The average molecular weight is 417 g/mol. The van der Waals surface area contributed by atoms with Crippen molar-refractivity contribution in [2.24, 2.45) is 5.92 Å². The van der Waals surface area contributed by atoms with Gasteiger partial charge in [-0.2, -0.15) is 0 Å². The standard InChI is InChI=1S/C21H21BrO4/c1-13(2)8-9-25-18-6-4-14(10-19(18)24-3)11-20-21(23)16-12-15(22)5-7-17(16)26-20/h4-7,10-13H,8-9H2,1-3H3/b20-11-. The minimum absolute atomic E-state index is 0.127. The van der Waals surface area contributed by atoms with Crippen molar-refractivity contribution >= 4 is 27.8 Å². The number of ether oxygens (including phenoxy) is 3. The van der Waals surface area contributed by atoms with E-state index in [1.54, 1.807) is 25.3 Å². The molecule has 2 aromatic rings. The number of ketones is 1. The predicted octanol–water partition coefficient (Wildman–Crippen LogP) is 5.50. The summed E-state index contributed by atoms with van der Waals surface area (Å²) in [5, 5.41) is 0. The summed E-state index contributed by atoms with van der Waals surface area (Å²) in [6.45, 7) is 4.95. The number of fused-ring (bicyclic) bond motifs is 1. The molecule has 0 aliphatic carbocycles. The minimum Gasteiger partial charge on any atom is -0.493 e. The van der Waals surface area contributed by atoms with E-state index in [0.29, 0.717) is 41.1 Å². The number of hydrogen-bond donors (Lipinski definition) is 0. The summed E-state index contributed by atoms with van der Waals surface area (Å²) in [7, 11) is 1.60.